The number of aromatic nitrogens is 1. The number of hydrogen-bond acceptors (Lipinski definition) is 0. The third-order valence-corrected chi connectivity index (χ3v) is 1.15. The quantitative estimate of drug-likeness (QED) is 0.335. The van der Waals surface area contributed by atoms with Crippen LogP contribution in [-0.4, -0.2) is 7.11 Å². The molecule has 11 heavy (non-hydrogen) atoms. The van der Waals surface area contributed by atoms with E-state index in [0.717, 1.165) is 12.1 Å². The lowest BCUT2D eigenvalue weighted by Gasteiger charge is -2.07. The van der Waals surface area contributed by atoms with Crippen molar-refractivity contribution in [2.45, 2.75) is 0 Å². The van der Waals surface area contributed by atoms with Crippen LogP contribution in [0.4, 0.5) is 17.3 Å². The highest BCUT2D eigenvalue weighted by atomic mass is 19.4. The van der Waals surface area contributed by atoms with Gasteiger partial charge in [0.25, 0.3) is 0 Å². The fraction of sp³-hybridized carbons (Fsp3) is 0. The van der Waals surface area contributed by atoms with Crippen LogP contribution in [0, 0.1) is 5.95 Å². The van der Waals surface area contributed by atoms with Crippen molar-refractivity contribution in [3.8, 4) is 0 Å². The van der Waals surface area contributed by atoms with Crippen LogP contribution in [0.5, 0.6) is 0 Å². The van der Waals surface area contributed by atoms with Crippen molar-refractivity contribution in [2.24, 2.45) is 0 Å². The van der Waals surface area contributed by atoms with Crippen LogP contribution >= 0.6 is 0 Å². The Labute approximate surface area is 60.4 Å². The zero-order valence-electron chi connectivity index (χ0n) is 5.35. The van der Waals surface area contributed by atoms with Gasteiger partial charge in [-0.3, -0.25) is 4.48 Å². The highest BCUT2D eigenvalue weighted by Crippen LogP contribution is 2.03. The van der Waals surface area contributed by atoms with Crippen LogP contribution in [0.25, 0.3) is 0 Å². The van der Waals surface area contributed by atoms with E-state index in [1.807, 2.05) is 0 Å². The Bertz CT molecular complexity index is 259. The van der Waals surface area contributed by atoms with E-state index >= 15 is 0 Å². The average Bonchev–Trinajstić information content (AvgIpc) is 1.86. The molecular formula is C5H4BF4N. The van der Waals surface area contributed by atoms with Gasteiger partial charge in [-0.15, -0.1) is 4.39 Å². The minimum absolute atomic E-state index is 0.333. The number of hydrogen-bond donors (Lipinski definition) is 0. The smallest absolute Gasteiger partial charge is 0.379 e. The maximum absolute atomic E-state index is 12.3. The molecule has 60 valence electrons. The second-order valence-corrected chi connectivity index (χ2v) is 1.97. The Hall–Kier alpha value is -1.07. The Balaban J connectivity index is 3.14. The molecule has 1 rings (SSSR count). The zero-order chi connectivity index (χ0) is 8.48. The normalized spacial score (nSPS) is 11.6. The van der Waals surface area contributed by atoms with E-state index in [-0.39, 0.29) is 4.48 Å². The summed E-state index contributed by atoms with van der Waals surface area (Å²) < 4.78 is 47.5. The van der Waals surface area contributed by atoms with Crippen molar-refractivity contribution in [3.63, 3.8) is 0 Å². The van der Waals surface area contributed by atoms with E-state index in [2.05, 4.69) is 0 Å². The summed E-state index contributed by atoms with van der Waals surface area (Å²) in [5.41, 5.74) is 0. The molecule has 0 amide bonds. The highest BCUT2D eigenvalue weighted by molar-refractivity contribution is 6.48. The molecule has 0 unspecified atom stereocenters. The molecule has 0 spiro atoms. The van der Waals surface area contributed by atoms with Crippen molar-refractivity contribution in [1.82, 2.24) is 0 Å². The van der Waals surface area contributed by atoms with Crippen LogP contribution in [-0.2, 0) is 0 Å². The molecule has 0 aliphatic heterocycles. The summed E-state index contributed by atoms with van der Waals surface area (Å²) in [5, 5.41) is 0. The number of halogens is 4. The molecule has 0 radical (unpaired) electrons. The van der Waals surface area contributed by atoms with Gasteiger partial charge in [-0.2, -0.15) is 0 Å². The average molecular weight is 165 g/mol. The summed E-state index contributed by atoms with van der Waals surface area (Å²) in [4.78, 5) is 0. The van der Waals surface area contributed by atoms with Crippen molar-refractivity contribution in [2.75, 3.05) is 0 Å². The van der Waals surface area contributed by atoms with Crippen molar-refractivity contribution >= 4 is 7.11 Å². The first-order valence-electron chi connectivity index (χ1n) is 2.87. The van der Waals surface area contributed by atoms with E-state index in [1.165, 1.54) is 6.07 Å². The SMILES string of the molecule is Fc1cccc[n+]1[B-](F)(F)F. The molecule has 0 aliphatic carbocycles. The molecule has 0 N–H and O–H groups in total. The Kier molecular flexibility index (Phi) is 1.84. The summed E-state index contributed by atoms with van der Waals surface area (Å²) in [7, 11) is -5.29. The molecule has 0 aliphatic rings. The minimum Gasteiger partial charge on any atom is -0.379 e. The lowest BCUT2D eigenvalue weighted by molar-refractivity contribution is -0.607. The first kappa shape index (κ1) is 8.04. The summed E-state index contributed by atoms with van der Waals surface area (Å²) >= 11 is 0. The molecule has 0 fully saturated rings. The van der Waals surface area contributed by atoms with Gasteiger partial charge in [-0.1, -0.05) is 0 Å². The van der Waals surface area contributed by atoms with E-state index in [9.17, 15) is 17.3 Å². The van der Waals surface area contributed by atoms with Gasteiger partial charge in [-0.05, 0) is 12.1 Å². The largest absolute Gasteiger partial charge is 0.813 e. The van der Waals surface area contributed by atoms with Crippen LogP contribution < -0.4 is 4.48 Å². The predicted molar refractivity (Wildman–Crippen MR) is 31.1 cm³/mol. The van der Waals surface area contributed by atoms with Gasteiger partial charge in [0, 0.05) is 6.07 Å². The Morgan fingerprint density at radius 3 is 2.18 bits per heavy atom. The van der Waals surface area contributed by atoms with Crippen molar-refractivity contribution in [1.29, 1.82) is 0 Å². The lowest BCUT2D eigenvalue weighted by atomic mass is 10.1. The van der Waals surface area contributed by atoms with Gasteiger partial charge in [-0.25, -0.2) is 0 Å². The van der Waals surface area contributed by atoms with Gasteiger partial charge in [0.15, 0.2) is 0 Å². The summed E-state index contributed by atoms with van der Waals surface area (Å²) in [5.74, 6) is -1.29. The topological polar surface area (TPSA) is 3.88 Å². The molecular weight excluding hydrogens is 161 g/mol. The molecule has 6 heteroatoms. The molecule has 0 atom stereocenters. The summed E-state index contributed by atoms with van der Waals surface area (Å²) in [6, 6.07) is 3.08. The number of pyridine rings is 1. The fourth-order valence-corrected chi connectivity index (χ4v) is 0.672. The number of rotatable bonds is 1. The molecule has 1 aromatic heterocycles. The molecule has 1 nitrogen and oxygen atoms in total. The standard InChI is InChI=1S/C5H4BF4N/c7-5-3-1-2-4-11(5)6(8,9)10/h1-4H. The van der Waals surface area contributed by atoms with E-state index in [4.69, 9.17) is 0 Å². The second-order valence-electron chi connectivity index (χ2n) is 1.97. The van der Waals surface area contributed by atoms with Crippen LogP contribution in [0.15, 0.2) is 24.4 Å². The Morgan fingerprint density at radius 2 is 1.82 bits per heavy atom. The Morgan fingerprint density at radius 1 is 1.18 bits per heavy atom. The molecule has 0 saturated carbocycles. The molecule has 1 heterocycles. The highest BCUT2D eigenvalue weighted by Gasteiger charge is 2.42. The summed E-state index contributed by atoms with van der Waals surface area (Å²) in [6.45, 7) is 0. The van der Waals surface area contributed by atoms with Gasteiger partial charge in [0.05, 0.1) is 0 Å². The van der Waals surface area contributed by atoms with Crippen molar-refractivity contribution in [3.05, 3.63) is 30.3 Å². The maximum Gasteiger partial charge on any atom is 0.813 e. The molecule has 0 aromatic carbocycles. The van der Waals surface area contributed by atoms with Crippen molar-refractivity contribution < 1.29 is 21.8 Å². The van der Waals surface area contributed by atoms with Crippen LogP contribution in [0.3, 0.4) is 0 Å². The van der Waals surface area contributed by atoms with Crippen LogP contribution in [0.2, 0.25) is 0 Å². The fourth-order valence-electron chi connectivity index (χ4n) is 0.672. The third-order valence-electron chi connectivity index (χ3n) is 1.15. The molecule has 0 bridgehead atoms. The van der Waals surface area contributed by atoms with Gasteiger partial charge in [0.1, 0.15) is 6.20 Å². The third kappa shape index (κ3) is 1.69. The minimum atomic E-state index is -5.29. The first-order chi connectivity index (χ1) is 5.02. The molecule has 1 aromatic rings. The zero-order valence-corrected chi connectivity index (χ0v) is 5.35. The van der Waals surface area contributed by atoms with Gasteiger partial charge < -0.3 is 12.9 Å². The summed E-state index contributed by atoms with van der Waals surface area (Å²) in [6.07, 6.45) is 0.648. The first-order valence-corrected chi connectivity index (χ1v) is 2.87. The van der Waals surface area contributed by atoms with Gasteiger partial charge in [0.2, 0.25) is 0 Å². The lowest BCUT2D eigenvalue weighted by Crippen LogP contribution is -2.57. The van der Waals surface area contributed by atoms with E-state index in [1.54, 1.807) is 0 Å². The monoisotopic (exact) mass is 165 g/mol. The maximum atomic E-state index is 12.3. The predicted octanol–water partition coefficient (Wildman–Crippen LogP) is 1.31. The number of nitrogens with zero attached hydrogens (tertiary/aromatic N) is 1. The van der Waals surface area contributed by atoms with E-state index < -0.39 is 13.1 Å². The molecule has 0 saturated heterocycles. The van der Waals surface area contributed by atoms with Gasteiger partial charge >= 0.3 is 13.1 Å². The van der Waals surface area contributed by atoms with E-state index in [0.29, 0.717) is 6.20 Å². The van der Waals surface area contributed by atoms with Crippen LogP contribution in [0.1, 0.15) is 0 Å². The second kappa shape index (κ2) is 2.52.